The van der Waals surface area contributed by atoms with Gasteiger partial charge in [-0.3, -0.25) is 0 Å². The minimum absolute atomic E-state index is 0.247. The van der Waals surface area contributed by atoms with Crippen LogP contribution in [0, 0.1) is 6.92 Å². The van der Waals surface area contributed by atoms with Gasteiger partial charge >= 0.3 is 0 Å². The number of aromatic amines is 1. The Bertz CT molecular complexity index is 1340. The van der Waals surface area contributed by atoms with Gasteiger partial charge in [0.15, 0.2) is 0 Å². The fourth-order valence-electron chi connectivity index (χ4n) is 4.68. The number of aromatic nitrogens is 2. The van der Waals surface area contributed by atoms with Crippen molar-refractivity contribution in [3.05, 3.63) is 114 Å². The zero-order valence-corrected chi connectivity index (χ0v) is 19.9. The van der Waals surface area contributed by atoms with Crippen molar-refractivity contribution >= 4 is 15.7 Å². The van der Waals surface area contributed by atoms with Crippen LogP contribution in [0.4, 0.5) is 5.69 Å². The van der Waals surface area contributed by atoms with Gasteiger partial charge in [-0.1, -0.05) is 66.2 Å². The number of anilines is 1. The van der Waals surface area contributed by atoms with E-state index in [-0.39, 0.29) is 6.04 Å². The van der Waals surface area contributed by atoms with E-state index in [1.54, 1.807) is 34.9 Å². The molecule has 174 valence electrons. The summed E-state index contributed by atoms with van der Waals surface area (Å²) in [4.78, 5) is 9.97. The third kappa shape index (κ3) is 4.62. The highest BCUT2D eigenvalue weighted by atomic mass is 32.2. The van der Waals surface area contributed by atoms with Crippen molar-refractivity contribution in [3.63, 3.8) is 0 Å². The second-order valence-corrected chi connectivity index (χ2v) is 10.7. The Balaban J connectivity index is 1.61. The number of H-pyrrole nitrogens is 1. The Kier molecular flexibility index (Phi) is 6.22. The zero-order valence-electron chi connectivity index (χ0n) is 19.1. The summed E-state index contributed by atoms with van der Waals surface area (Å²) in [6.07, 6.45) is 4.12. The van der Waals surface area contributed by atoms with E-state index in [9.17, 15) is 8.42 Å². The highest BCUT2D eigenvalue weighted by Gasteiger charge is 2.36. The van der Waals surface area contributed by atoms with E-state index in [1.807, 2.05) is 37.4 Å². The van der Waals surface area contributed by atoms with Gasteiger partial charge in [-0.25, -0.2) is 13.4 Å². The molecule has 1 N–H and O–H groups in total. The fraction of sp³-hybridized carbons (Fsp3) is 0.222. The summed E-state index contributed by atoms with van der Waals surface area (Å²) in [6.45, 7) is 3.56. The number of aryl methyl sites for hydroxylation is 1. The Labute approximate surface area is 200 Å². The number of imidazole rings is 1. The van der Waals surface area contributed by atoms with Crippen LogP contribution in [-0.2, 0) is 29.5 Å². The molecule has 1 aliphatic heterocycles. The molecule has 0 bridgehead atoms. The molecule has 0 spiro atoms. The molecule has 0 radical (unpaired) electrons. The van der Waals surface area contributed by atoms with Crippen LogP contribution in [0.15, 0.2) is 96.3 Å². The molecule has 7 heteroatoms. The normalized spacial score (nSPS) is 16.7. The minimum atomic E-state index is -3.71. The first-order chi connectivity index (χ1) is 16.5. The number of rotatable bonds is 6. The van der Waals surface area contributed by atoms with Gasteiger partial charge in [-0.05, 0) is 42.7 Å². The summed E-state index contributed by atoms with van der Waals surface area (Å²) in [5.41, 5.74) is 5.28. The summed E-state index contributed by atoms with van der Waals surface area (Å²) in [6, 6.07) is 24.9. The smallest absolute Gasteiger partial charge is 0.243 e. The maximum absolute atomic E-state index is 14.0. The second kappa shape index (κ2) is 9.44. The molecule has 6 nitrogen and oxygen atoms in total. The Morgan fingerprint density at radius 2 is 1.74 bits per heavy atom. The van der Waals surface area contributed by atoms with Crippen LogP contribution in [0.5, 0.6) is 0 Å². The second-order valence-electron chi connectivity index (χ2n) is 8.80. The van der Waals surface area contributed by atoms with Crippen molar-refractivity contribution in [1.82, 2.24) is 14.3 Å². The zero-order chi connectivity index (χ0) is 23.5. The van der Waals surface area contributed by atoms with Crippen molar-refractivity contribution in [2.75, 3.05) is 11.4 Å². The van der Waals surface area contributed by atoms with Crippen LogP contribution in [0.25, 0.3) is 0 Å². The van der Waals surface area contributed by atoms with Crippen molar-refractivity contribution in [2.24, 2.45) is 0 Å². The molecule has 3 aromatic carbocycles. The summed E-state index contributed by atoms with van der Waals surface area (Å²) < 4.78 is 29.6. The maximum atomic E-state index is 14.0. The molecule has 0 saturated carbocycles. The van der Waals surface area contributed by atoms with E-state index >= 15 is 0 Å². The molecule has 0 amide bonds. The number of benzene rings is 3. The minimum Gasteiger partial charge on any atom is -0.364 e. The predicted octanol–water partition coefficient (Wildman–Crippen LogP) is 4.54. The summed E-state index contributed by atoms with van der Waals surface area (Å²) >= 11 is 0. The van der Waals surface area contributed by atoms with E-state index < -0.39 is 10.0 Å². The van der Waals surface area contributed by atoms with Gasteiger partial charge in [0.2, 0.25) is 10.0 Å². The Hall–Kier alpha value is -3.42. The first kappa shape index (κ1) is 22.4. The molecule has 4 aromatic rings. The monoisotopic (exact) mass is 472 g/mol. The Morgan fingerprint density at radius 1 is 1.00 bits per heavy atom. The van der Waals surface area contributed by atoms with E-state index in [4.69, 9.17) is 0 Å². The molecule has 0 fully saturated rings. The molecular formula is C27H28N4O2S. The van der Waals surface area contributed by atoms with Crippen molar-refractivity contribution in [1.29, 1.82) is 0 Å². The average molecular weight is 473 g/mol. The van der Waals surface area contributed by atoms with Crippen molar-refractivity contribution in [3.8, 4) is 0 Å². The third-order valence-corrected chi connectivity index (χ3v) is 8.23. The lowest BCUT2D eigenvalue weighted by atomic mass is 10.1. The molecular weight excluding hydrogens is 444 g/mol. The standard InChI is InChI=1S/C27H28N4O2S/c1-21-12-13-27-23(14-21)17-31(34(32,33)26-10-6-3-7-11-26)25(15-22-8-4-2-5-9-22)19-30(27)18-24-16-28-20-29-24/h2-14,16,20,25H,15,17-19H2,1H3,(H,28,29)/t25-/m1/s1. The third-order valence-electron chi connectivity index (χ3n) is 6.32. The first-order valence-corrected chi connectivity index (χ1v) is 12.9. The fourth-order valence-corrected chi connectivity index (χ4v) is 6.29. The lowest BCUT2D eigenvalue weighted by molar-refractivity contribution is 0.318. The Morgan fingerprint density at radius 3 is 2.44 bits per heavy atom. The van der Waals surface area contributed by atoms with Gasteiger partial charge in [0.1, 0.15) is 0 Å². The number of fused-ring (bicyclic) bond motifs is 1. The molecule has 2 heterocycles. The summed E-state index contributed by atoms with van der Waals surface area (Å²) in [5, 5.41) is 0. The van der Waals surface area contributed by atoms with Gasteiger partial charge in [-0.2, -0.15) is 4.31 Å². The van der Waals surface area contributed by atoms with E-state index in [0.29, 0.717) is 31.0 Å². The summed E-state index contributed by atoms with van der Waals surface area (Å²) in [7, 11) is -3.71. The molecule has 5 rings (SSSR count). The highest BCUT2D eigenvalue weighted by molar-refractivity contribution is 7.89. The number of nitrogens with one attached hydrogen (secondary N) is 1. The summed E-state index contributed by atoms with van der Waals surface area (Å²) in [5.74, 6) is 0. The SMILES string of the molecule is Cc1ccc2c(c1)CN(S(=O)(=O)c1ccccc1)[C@H](Cc1ccccc1)CN2Cc1cnc[nH]1. The molecule has 0 saturated heterocycles. The van der Waals surface area contributed by atoms with Crippen LogP contribution in [-0.4, -0.2) is 35.3 Å². The first-order valence-electron chi connectivity index (χ1n) is 11.4. The topological polar surface area (TPSA) is 69.3 Å². The van der Waals surface area contributed by atoms with Crippen LogP contribution in [0.2, 0.25) is 0 Å². The van der Waals surface area contributed by atoms with Crippen LogP contribution in [0.1, 0.15) is 22.4 Å². The predicted molar refractivity (Wildman–Crippen MR) is 134 cm³/mol. The van der Waals surface area contributed by atoms with Crippen LogP contribution >= 0.6 is 0 Å². The number of hydrogen-bond acceptors (Lipinski definition) is 4. The molecule has 1 aliphatic rings. The molecule has 34 heavy (non-hydrogen) atoms. The average Bonchev–Trinajstić information content (AvgIpc) is 3.31. The van der Waals surface area contributed by atoms with Crippen molar-refractivity contribution < 1.29 is 8.42 Å². The van der Waals surface area contributed by atoms with Gasteiger partial charge < -0.3 is 9.88 Å². The maximum Gasteiger partial charge on any atom is 0.243 e. The lowest BCUT2D eigenvalue weighted by Crippen LogP contribution is -2.45. The molecule has 1 atom stereocenters. The lowest BCUT2D eigenvalue weighted by Gasteiger charge is -2.32. The van der Waals surface area contributed by atoms with E-state index in [2.05, 4.69) is 45.2 Å². The molecule has 0 unspecified atom stereocenters. The molecule has 1 aromatic heterocycles. The van der Waals surface area contributed by atoms with Crippen LogP contribution < -0.4 is 4.90 Å². The number of nitrogens with zero attached hydrogens (tertiary/aromatic N) is 3. The number of hydrogen-bond donors (Lipinski definition) is 1. The van der Waals surface area contributed by atoms with Gasteiger partial charge in [0.05, 0.1) is 23.5 Å². The molecule has 0 aliphatic carbocycles. The van der Waals surface area contributed by atoms with E-state index in [0.717, 1.165) is 28.1 Å². The van der Waals surface area contributed by atoms with Gasteiger partial charge in [0, 0.05) is 31.0 Å². The van der Waals surface area contributed by atoms with Gasteiger partial charge in [-0.15, -0.1) is 0 Å². The number of sulfonamides is 1. The largest absolute Gasteiger partial charge is 0.364 e. The van der Waals surface area contributed by atoms with Crippen LogP contribution in [0.3, 0.4) is 0 Å². The van der Waals surface area contributed by atoms with E-state index in [1.165, 1.54) is 0 Å². The van der Waals surface area contributed by atoms with Crippen molar-refractivity contribution in [2.45, 2.75) is 37.4 Å². The highest BCUT2D eigenvalue weighted by Crippen LogP contribution is 2.33. The van der Waals surface area contributed by atoms with Gasteiger partial charge in [0.25, 0.3) is 0 Å². The quantitative estimate of drug-likeness (QED) is 0.447.